The third-order valence-corrected chi connectivity index (χ3v) is 2.00. The van der Waals surface area contributed by atoms with Crippen LogP contribution in [0.15, 0.2) is 12.1 Å². The number of carbonyl (C=O) groups is 1. The van der Waals surface area contributed by atoms with E-state index in [0.29, 0.717) is 0 Å². The quantitative estimate of drug-likeness (QED) is 0.819. The minimum atomic E-state index is -4.18. The third kappa shape index (κ3) is 2.50. The highest BCUT2D eigenvalue weighted by molar-refractivity contribution is 5.75. The van der Waals surface area contributed by atoms with E-state index in [1.807, 2.05) is 0 Å². The van der Waals surface area contributed by atoms with Gasteiger partial charge < -0.3 is 5.11 Å². The zero-order valence-corrected chi connectivity index (χ0v) is 8.23. The Balaban J connectivity index is 3.11. The molecular weight excluding hydrogens is 228 g/mol. The summed E-state index contributed by atoms with van der Waals surface area (Å²) in [4.78, 5) is 10.1. The second-order valence-corrected chi connectivity index (χ2v) is 3.39. The Morgan fingerprint density at radius 2 is 1.75 bits per heavy atom. The summed E-state index contributed by atoms with van der Waals surface area (Å²) in [6, 6.07) is 1.74. The van der Waals surface area contributed by atoms with Gasteiger partial charge in [-0.3, -0.25) is 0 Å². The van der Waals surface area contributed by atoms with Crippen LogP contribution in [0.4, 0.5) is 17.6 Å². The Morgan fingerprint density at radius 1 is 1.31 bits per heavy atom. The number of carboxylic acid groups (broad SMARTS) is 1. The maximum absolute atomic E-state index is 13.1. The number of rotatable bonds is 3. The molecular formula is C10H8F4O2. The van der Waals surface area contributed by atoms with Gasteiger partial charge >= 0.3 is 11.9 Å². The van der Waals surface area contributed by atoms with Gasteiger partial charge in [0.2, 0.25) is 0 Å². The fourth-order valence-corrected chi connectivity index (χ4v) is 1.20. The Hall–Kier alpha value is -1.59. The molecule has 1 aromatic rings. The molecule has 0 unspecified atom stereocenters. The highest BCUT2D eigenvalue weighted by Gasteiger charge is 2.40. The van der Waals surface area contributed by atoms with Gasteiger partial charge in [-0.2, -0.15) is 8.78 Å². The van der Waals surface area contributed by atoms with Gasteiger partial charge in [-0.15, -0.1) is 0 Å². The molecule has 0 radical (unpaired) electrons. The highest BCUT2D eigenvalue weighted by atomic mass is 19.3. The van der Waals surface area contributed by atoms with Crippen molar-refractivity contribution in [3.8, 4) is 0 Å². The van der Waals surface area contributed by atoms with E-state index in [4.69, 9.17) is 5.11 Å². The number of halogens is 4. The first-order valence-corrected chi connectivity index (χ1v) is 4.30. The lowest BCUT2D eigenvalue weighted by molar-refractivity contribution is -0.164. The van der Waals surface area contributed by atoms with Crippen molar-refractivity contribution < 1.29 is 27.5 Å². The zero-order valence-electron chi connectivity index (χ0n) is 8.23. The Kier molecular flexibility index (Phi) is 3.21. The van der Waals surface area contributed by atoms with E-state index in [0.717, 1.165) is 12.1 Å². The van der Waals surface area contributed by atoms with Crippen LogP contribution < -0.4 is 0 Å². The third-order valence-electron chi connectivity index (χ3n) is 2.00. The minimum Gasteiger partial charge on any atom is -0.477 e. The molecule has 0 saturated heterocycles. The molecule has 1 N–H and O–H groups in total. The summed E-state index contributed by atoms with van der Waals surface area (Å²) < 4.78 is 51.8. The maximum Gasteiger partial charge on any atom is 0.374 e. The average Bonchev–Trinajstić information content (AvgIpc) is 2.11. The molecule has 0 heterocycles. The van der Waals surface area contributed by atoms with Crippen LogP contribution in [0.1, 0.15) is 11.1 Å². The van der Waals surface area contributed by atoms with Crippen LogP contribution >= 0.6 is 0 Å². The zero-order chi connectivity index (χ0) is 12.5. The predicted octanol–water partition coefficient (Wildman–Crippen LogP) is 2.54. The maximum atomic E-state index is 13.1. The molecule has 0 spiro atoms. The van der Waals surface area contributed by atoms with Crippen molar-refractivity contribution in [2.24, 2.45) is 0 Å². The Morgan fingerprint density at radius 3 is 2.12 bits per heavy atom. The number of hydrogen-bond donors (Lipinski definition) is 1. The van der Waals surface area contributed by atoms with Crippen LogP contribution in [0.3, 0.4) is 0 Å². The van der Waals surface area contributed by atoms with Gasteiger partial charge in [0.1, 0.15) is 11.6 Å². The van der Waals surface area contributed by atoms with E-state index >= 15 is 0 Å². The van der Waals surface area contributed by atoms with Crippen molar-refractivity contribution in [3.63, 3.8) is 0 Å². The molecule has 0 aliphatic rings. The molecule has 0 saturated carbocycles. The van der Waals surface area contributed by atoms with E-state index in [1.54, 1.807) is 0 Å². The molecule has 1 rings (SSSR count). The van der Waals surface area contributed by atoms with Crippen LogP contribution in [0.5, 0.6) is 0 Å². The predicted molar refractivity (Wildman–Crippen MR) is 47.4 cm³/mol. The van der Waals surface area contributed by atoms with Crippen LogP contribution in [-0.2, 0) is 11.2 Å². The molecule has 0 aromatic heterocycles. The number of aryl methyl sites for hydroxylation is 1. The van der Waals surface area contributed by atoms with Crippen molar-refractivity contribution >= 4 is 5.97 Å². The largest absolute Gasteiger partial charge is 0.477 e. The molecule has 88 valence electrons. The lowest BCUT2D eigenvalue weighted by Gasteiger charge is -2.12. The van der Waals surface area contributed by atoms with Crippen molar-refractivity contribution in [1.82, 2.24) is 0 Å². The molecule has 2 nitrogen and oxygen atoms in total. The summed E-state index contributed by atoms with van der Waals surface area (Å²) in [5, 5.41) is 8.14. The first-order chi connectivity index (χ1) is 7.24. The van der Waals surface area contributed by atoms with E-state index in [9.17, 15) is 22.4 Å². The summed E-state index contributed by atoms with van der Waals surface area (Å²) in [6.07, 6.45) is -1.50. The summed E-state index contributed by atoms with van der Waals surface area (Å²) in [6.45, 7) is 1.39. The molecule has 0 bridgehead atoms. The lowest BCUT2D eigenvalue weighted by atomic mass is 10.0. The number of benzene rings is 1. The standard InChI is InChI=1S/C10H8F4O2/c1-5-2-7(11)6(8(12)3-5)4-10(13,14)9(15)16/h2-3H,4H2,1H3,(H,15,16). The van der Waals surface area contributed by atoms with Crippen molar-refractivity contribution in [3.05, 3.63) is 34.9 Å². The van der Waals surface area contributed by atoms with Crippen LogP contribution in [0, 0.1) is 18.6 Å². The molecule has 0 fully saturated rings. The fraction of sp³-hybridized carbons (Fsp3) is 0.300. The summed E-state index contributed by atoms with van der Waals surface area (Å²) in [5.41, 5.74) is -0.685. The van der Waals surface area contributed by atoms with Gasteiger partial charge in [0.05, 0.1) is 6.42 Å². The summed E-state index contributed by atoms with van der Waals surface area (Å²) in [7, 11) is 0. The fourth-order valence-electron chi connectivity index (χ4n) is 1.20. The summed E-state index contributed by atoms with van der Waals surface area (Å²) >= 11 is 0. The normalized spacial score (nSPS) is 11.6. The van der Waals surface area contributed by atoms with Crippen LogP contribution in [0.2, 0.25) is 0 Å². The van der Waals surface area contributed by atoms with E-state index in [2.05, 4.69) is 0 Å². The number of carboxylic acids is 1. The van der Waals surface area contributed by atoms with Crippen molar-refractivity contribution in [2.45, 2.75) is 19.3 Å². The smallest absolute Gasteiger partial charge is 0.374 e. The van der Waals surface area contributed by atoms with Gasteiger partial charge in [-0.25, -0.2) is 13.6 Å². The number of aliphatic carboxylic acids is 1. The molecule has 6 heteroatoms. The van der Waals surface area contributed by atoms with Crippen LogP contribution in [0.25, 0.3) is 0 Å². The molecule has 1 aromatic carbocycles. The monoisotopic (exact) mass is 236 g/mol. The lowest BCUT2D eigenvalue weighted by Crippen LogP contribution is -2.31. The van der Waals surface area contributed by atoms with Gasteiger partial charge in [-0.1, -0.05) is 0 Å². The number of hydrogen-bond acceptors (Lipinski definition) is 1. The van der Waals surface area contributed by atoms with Gasteiger partial charge in [0.25, 0.3) is 0 Å². The first kappa shape index (κ1) is 12.5. The summed E-state index contributed by atoms with van der Waals surface area (Å²) in [5.74, 6) is -8.93. The molecule has 16 heavy (non-hydrogen) atoms. The van der Waals surface area contributed by atoms with Gasteiger partial charge in [0, 0.05) is 5.56 Å². The topological polar surface area (TPSA) is 37.3 Å². The van der Waals surface area contributed by atoms with Crippen molar-refractivity contribution in [2.75, 3.05) is 0 Å². The van der Waals surface area contributed by atoms with Crippen molar-refractivity contribution in [1.29, 1.82) is 0 Å². The molecule has 0 amide bonds. The van der Waals surface area contributed by atoms with Gasteiger partial charge in [0.15, 0.2) is 0 Å². The number of alkyl halides is 2. The second-order valence-electron chi connectivity index (χ2n) is 3.39. The Labute approximate surface area is 88.5 Å². The Bertz CT molecular complexity index is 406. The molecule has 0 aliphatic carbocycles. The van der Waals surface area contributed by atoms with Gasteiger partial charge in [-0.05, 0) is 24.6 Å². The van der Waals surface area contributed by atoms with Crippen LogP contribution in [-0.4, -0.2) is 17.0 Å². The van der Waals surface area contributed by atoms with E-state index in [-0.39, 0.29) is 5.56 Å². The molecule has 0 aliphatic heterocycles. The van der Waals surface area contributed by atoms with E-state index < -0.39 is 35.5 Å². The van der Waals surface area contributed by atoms with E-state index in [1.165, 1.54) is 6.92 Å². The first-order valence-electron chi connectivity index (χ1n) is 4.30. The second kappa shape index (κ2) is 4.11. The molecule has 0 atom stereocenters. The minimum absolute atomic E-state index is 0.234. The average molecular weight is 236 g/mol. The highest BCUT2D eigenvalue weighted by Crippen LogP contribution is 2.24. The SMILES string of the molecule is Cc1cc(F)c(CC(F)(F)C(=O)O)c(F)c1.